The largest absolute Gasteiger partial charge is 0.103 e. The Labute approximate surface area is 54.5 Å². The van der Waals surface area contributed by atoms with Gasteiger partial charge in [-0.05, 0) is 0 Å². The van der Waals surface area contributed by atoms with Crippen LogP contribution in [0.5, 0.6) is 0 Å². The van der Waals surface area contributed by atoms with E-state index in [1.54, 1.807) is 0 Å². The van der Waals surface area contributed by atoms with Crippen LogP contribution in [0.15, 0.2) is 0 Å². The molecule has 0 fully saturated rings. The van der Waals surface area contributed by atoms with Crippen LogP contribution in [0, 0.1) is 0 Å². The fourth-order valence-electron chi connectivity index (χ4n) is 0.575. The van der Waals surface area contributed by atoms with Gasteiger partial charge in [-0.3, -0.25) is 0 Å². The molecule has 0 aromatic rings. The number of hydrogen-bond donors (Lipinski definition) is 0. The Morgan fingerprint density at radius 1 is 1.25 bits per heavy atom. The zero-order chi connectivity index (χ0) is 6.62. The molecule has 0 N–H and O–H groups in total. The molecule has 0 spiro atoms. The highest BCUT2D eigenvalue weighted by atomic mass is 14.0. The standard InChI is InChI=1S/C6H14B2/c1-5-6(2,7-3)8-4/h5H2,1-4H3. The molecule has 0 saturated heterocycles. The van der Waals surface area contributed by atoms with Gasteiger partial charge in [-0.1, -0.05) is 39.1 Å². The lowest BCUT2D eigenvalue weighted by Crippen LogP contribution is -2.18. The smallest absolute Gasteiger partial charge is 0.0921 e. The van der Waals surface area contributed by atoms with Crippen molar-refractivity contribution in [2.45, 2.75) is 39.1 Å². The van der Waals surface area contributed by atoms with Crippen molar-refractivity contribution >= 4 is 14.6 Å². The Hall–Kier alpha value is 0.130. The van der Waals surface area contributed by atoms with Crippen LogP contribution in [0.2, 0.25) is 18.9 Å². The van der Waals surface area contributed by atoms with E-state index in [4.69, 9.17) is 0 Å². The second-order valence-electron chi connectivity index (χ2n) is 2.44. The molecule has 0 nitrogen and oxygen atoms in total. The van der Waals surface area contributed by atoms with Crippen LogP contribution < -0.4 is 0 Å². The molecule has 0 heterocycles. The Balaban J connectivity index is 3.58. The topological polar surface area (TPSA) is 0 Å². The van der Waals surface area contributed by atoms with Gasteiger partial charge in [0.05, 0.1) is 0 Å². The minimum absolute atomic E-state index is 0.375. The predicted octanol–water partition coefficient (Wildman–Crippen LogP) is 2.04. The molecule has 0 aromatic carbocycles. The van der Waals surface area contributed by atoms with Crippen LogP contribution in [0.25, 0.3) is 0 Å². The van der Waals surface area contributed by atoms with Crippen LogP contribution in [0.1, 0.15) is 20.3 Å². The summed E-state index contributed by atoms with van der Waals surface area (Å²) in [7, 11) is 4.49. The van der Waals surface area contributed by atoms with E-state index < -0.39 is 0 Å². The molecule has 44 valence electrons. The lowest BCUT2D eigenvalue weighted by atomic mass is 9.35. The maximum Gasteiger partial charge on any atom is 0.103 e. The van der Waals surface area contributed by atoms with Gasteiger partial charge >= 0.3 is 0 Å². The predicted molar refractivity (Wildman–Crippen MR) is 41.9 cm³/mol. The van der Waals surface area contributed by atoms with Crippen molar-refractivity contribution in [1.29, 1.82) is 0 Å². The quantitative estimate of drug-likeness (QED) is 0.485. The van der Waals surface area contributed by atoms with Crippen molar-refractivity contribution in [1.82, 2.24) is 0 Å². The van der Waals surface area contributed by atoms with Gasteiger partial charge in [0.1, 0.15) is 14.6 Å². The van der Waals surface area contributed by atoms with E-state index >= 15 is 0 Å². The van der Waals surface area contributed by atoms with Gasteiger partial charge in [0.15, 0.2) is 0 Å². The Morgan fingerprint density at radius 2 is 1.62 bits per heavy atom. The van der Waals surface area contributed by atoms with Crippen molar-refractivity contribution in [3.63, 3.8) is 0 Å². The average molecular weight is 108 g/mol. The van der Waals surface area contributed by atoms with Crippen molar-refractivity contribution < 1.29 is 0 Å². The molecule has 0 aromatic heterocycles. The third-order valence-corrected chi connectivity index (χ3v) is 2.08. The zero-order valence-electron chi connectivity index (χ0n) is 6.36. The van der Waals surface area contributed by atoms with E-state index in [-0.39, 0.29) is 0 Å². The fourth-order valence-corrected chi connectivity index (χ4v) is 0.575. The van der Waals surface area contributed by atoms with Crippen LogP contribution in [-0.4, -0.2) is 14.6 Å². The first kappa shape index (κ1) is 8.13. The Bertz CT molecular complexity index is 49.3. The molecular formula is C6H14B2. The second kappa shape index (κ2) is 3.21. The second-order valence-corrected chi connectivity index (χ2v) is 2.44. The first-order chi connectivity index (χ1) is 3.68. The summed E-state index contributed by atoms with van der Waals surface area (Å²) in [5, 5.41) is 0.375. The highest BCUT2D eigenvalue weighted by molar-refractivity contribution is 6.60. The molecule has 0 amide bonds. The van der Waals surface area contributed by atoms with Crippen LogP contribution >= 0.6 is 0 Å². The molecular weight excluding hydrogens is 93.7 g/mol. The van der Waals surface area contributed by atoms with Gasteiger partial charge in [-0.15, -0.1) is 0 Å². The normalized spacial score (nSPS) is 11.0. The molecule has 2 radical (unpaired) electrons. The lowest BCUT2D eigenvalue weighted by Gasteiger charge is -2.22. The molecule has 8 heavy (non-hydrogen) atoms. The van der Waals surface area contributed by atoms with Crippen molar-refractivity contribution in [3.05, 3.63) is 0 Å². The maximum absolute atomic E-state index is 2.24. The first-order valence-electron chi connectivity index (χ1n) is 3.29. The molecule has 2 heteroatoms. The molecule has 0 aliphatic heterocycles. The van der Waals surface area contributed by atoms with E-state index in [0.717, 1.165) is 0 Å². The Kier molecular flexibility index (Phi) is 3.27. The van der Waals surface area contributed by atoms with E-state index in [1.165, 1.54) is 6.42 Å². The van der Waals surface area contributed by atoms with Crippen LogP contribution in [0.3, 0.4) is 0 Å². The summed E-state index contributed by atoms with van der Waals surface area (Å²) in [6.07, 6.45) is 1.21. The molecule has 0 atom stereocenters. The van der Waals surface area contributed by atoms with Gasteiger partial charge in [0, 0.05) is 0 Å². The molecule has 0 bridgehead atoms. The van der Waals surface area contributed by atoms with Gasteiger partial charge < -0.3 is 0 Å². The average Bonchev–Trinajstić information content (AvgIpc) is 1.87. The summed E-state index contributed by atoms with van der Waals surface area (Å²) in [5.74, 6) is 0. The monoisotopic (exact) mass is 108 g/mol. The summed E-state index contributed by atoms with van der Waals surface area (Å²) in [5.41, 5.74) is 0. The highest BCUT2D eigenvalue weighted by Crippen LogP contribution is 2.25. The van der Waals surface area contributed by atoms with Crippen LogP contribution in [0.4, 0.5) is 0 Å². The third kappa shape index (κ3) is 1.94. The van der Waals surface area contributed by atoms with E-state index in [1.807, 2.05) is 0 Å². The minimum Gasteiger partial charge on any atom is -0.0921 e. The summed E-state index contributed by atoms with van der Waals surface area (Å²) in [6, 6.07) is 0. The summed E-state index contributed by atoms with van der Waals surface area (Å²) in [6.45, 7) is 8.68. The van der Waals surface area contributed by atoms with Crippen LogP contribution in [-0.2, 0) is 0 Å². The molecule has 0 aliphatic rings. The SMILES string of the molecule is C[B]C(C)([B]C)CC. The minimum atomic E-state index is 0.375. The fraction of sp³-hybridized carbons (Fsp3) is 1.00. The third-order valence-electron chi connectivity index (χ3n) is 2.08. The maximum atomic E-state index is 2.24. The zero-order valence-corrected chi connectivity index (χ0v) is 6.36. The lowest BCUT2D eigenvalue weighted by molar-refractivity contribution is 0.784. The van der Waals surface area contributed by atoms with Crippen molar-refractivity contribution in [3.8, 4) is 0 Å². The van der Waals surface area contributed by atoms with E-state index in [2.05, 4.69) is 42.1 Å². The van der Waals surface area contributed by atoms with Gasteiger partial charge in [-0.2, -0.15) is 0 Å². The molecule has 0 aliphatic carbocycles. The van der Waals surface area contributed by atoms with Gasteiger partial charge in [-0.25, -0.2) is 0 Å². The Morgan fingerprint density at radius 3 is 1.62 bits per heavy atom. The molecule has 0 saturated carbocycles. The van der Waals surface area contributed by atoms with Crippen molar-refractivity contribution in [2.75, 3.05) is 0 Å². The highest BCUT2D eigenvalue weighted by Gasteiger charge is 2.17. The summed E-state index contributed by atoms with van der Waals surface area (Å²) >= 11 is 0. The van der Waals surface area contributed by atoms with E-state index in [0.29, 0.717) is 5.21 Å². The van der Waals surface area contributed by atoms with Gasteiger partial charge in [0.25, 0.3) is 0 Å². The van der Waals surface area contributed by atoms with Crippen molar-refractivity contribution in [2.24, 2.45) is 0 Å². The molecule has 0 unspecified atom stereocenters. The summed E-state index contributed by atoms with van der Waals surface area (Å²) in [4.78, 5) is 0. The number of hydrogen-bond acceptors (Lipinski definition) is 0. The summed E-state index contributed by atoms with van der Waals surface area (Å²) < 4.78 is 0. The first-order valence-corrected chi connectivity index (χ1v) is 3.29. The molecule has 0 rings (SSSR count). The van der Waals surface area contributed by atoms with Gasteiger partial charge in [0.2, 0.25) is 0 Å². The van der Waals surface area contributed by atoms with E-state index in [9.17, 15) is 0 Å². The number of rotatable bonds is 3.